The molecule has 276 valence electrons. The van der Waals surface area contributed by atoms with Gasteiger partial charge < -0.3 is 14.4 Å². The number of hydrogen-bond donors (Lipinski definition) is 0. The first kappa shape index (κ1) is 43.9. The van der Waals surface area contributed by atoms with Gasteiger partial charge in [-0.1, -0.05) is 127 Å². The summed E-state index contributed by atoms with van der Waals surface area (Å²) >= 11 is 0. The summed E-state index contributed by atoms with van der Waals surface area (Å²) < 4.78 is 11.8. The largest absolute Gasteiger partial charge is 0.458 e. The zero-order chi connectivity index (χ0) is 34.9. The second-order valence-corrected chi connectivity index (χ2v) is 14.1. The standard InChI is InChI=1S/C43H75NO4/c1-5-7-9-11-13-15-17-19-21-23-25-27-29-31-33-35-42(45)47-40-37-39(44(3)4)38-41(40)48-43(46)36-34-32-30-28-26-24-22-20-18-16-14-12-10-8-6-2/h13-16,19-22,39-41H,5-12,17-18,23-38H2,1-4H3/b15-13-,16-14-,21-19-,22-20-/t39-,40+,41-. The normalized spacial score (nSPS) is 18.4. The lowest BCUT2D eigenvalue weighted by Gasteiger charge is -2.20. The Balaban J connectivity index is 2.14. The average Bonchev–Trinajstić information content (AvgIpc) is 3.46. The van der Waals surface area contributed by atoms with Crippen LogP contribution in [0, 0.1) is 0 Å². The van der Waals surface area contributed by atoms with Crippen LogP contribution in [0.25, 0.3) is 0 Å². The lowest BCUT2D eigenvalue weighted by Crippen LogP contribution is -2.30. The SMILES string of the molecule is CCCCC/C=C\C/C=C\CCCCCCCC(=O)O[C@H]1C[C@@H](N(C)C)C[C@H]1OC(=O)CCCCCCC/C=C\C/C=C\CCCCC. The molecule has 0 heterocycles. The Morgan fingerprint density at radius 3 is 1.19 bits per heavy atom. The Morgan fingerprint density at radius 2 is 0.833 bits per heavy atom. The van der Waals surface area contributed by atoms with Crippen molar-refractivity contribution in [1.29, 1.82) is 0 Å². The van der Waals surface area contributed by atoms with E-state index in [9.17, 15) is 9.59 Å². The van der Waals surface area contributed by atoms with Crippen LogP contribution in [0.15, 0.2) is 48.6 Å². The predicted molar refractivity (Wildman–Crippen MR) is 205 cm³/mol. The summed E-state index contributed by atoms with van der Waals surface area (Å²) in [4.78, 5) is 27.5. The van der Waals surface area contributed by atoms with Gasteiger partial charge in [0.1, 0.15) is 12.2 Å². The molecule has 3 atom stereocenters. The number of carbonyl (C=O) groups is 2. The summed E-state index contributed by atoms with van der Waals surface area (Å²) in [5.41, 5.74) is 0. The van der Waals surface area contributed by atoms with E-state index >= 15 is 0 Å². The number of rotatable bonds is 31. The number of nitrogens with zero attached hydrogens (tertiary/aromatic N) is 1. The highest BCUT2D eigenvalue weighted by molar-refractivity contribution is 5.70. The fourth-order valence-electron chi connectivity index (χ4n) is 6.22. The Labute approximate surface area is 297 Å². The van der Waals surface area contributed by atoms with E-state index in [4.69, 9.17) is 9.47 Å². The molecule has 0 saturated heterocycles. The summed E-state index contributed by atoms with van der Waals surface area (Å²) in [6, 6.07) is 0.257. The highest BCUT2D eigenvalue weighted by Gasteiger charge is 2.40. The fourth-order valence-corrected chi connectivity index (χ4v) is 6.22. The van der Waals surface area contributed by atoms with Gasteiger partial charge in [-0.05, 0) is 91.1 Å². The van der Waals surface area contributed by atoms with Crippen LogP contribution in [-0.2, 0) is 19.1 Å². The van der Waals surface area contributed by atoms with Gasteiger partial charge in [-0.15, -0.1) is 0 Å². The quantitative estimate of drug-likeness (QED) is 0.0418. The zero-order valence-corrected chi connectivity index (χ0v) is 31.8. The second-order valence-electron chi connectivity index (χ2n) is 14.1. The van der Waals surface area contributed by atoms with Crippen LogP contribution in [0.3, 0.4) is 0 Å². The minimum absolute atomic E-state index is 0.153. The summed E-state index contributed by atoms with van der Waals surface area (Å²) in [7, 11) is 4.08. The van der Waals surface area contributed by atoms with E-state index in [0.717, 1.165) is 77.0 Å². The summed E-state index contributed by atoms with van der Waals surface area (Å²) in [6.45, 7) is 4.49. The van der Waals surface area contributed by atoms with Gasteiger partial charge >= 0.3 is 11.9 Å². The summed E-state index contributed by atoms with van der Waals surface area (Å²) in [5.74, 6) is -0.306. The molecular weight excluding hydrogens is 594 g/mol. The third-order valence-corrected chi connectivity index (χ3v) is 9.38. The maximum absolute atomic E-state index is 12.7. The fraction of sp³-hybridized carbons (Fsp3) is 0.767. The topological polar surface area (TPSA) is 55.8 Å². The number of carbonyl (C=O) groups excluding carboxylic acids is 2. The van der Waals surface area contributed by atoms with Gasteiger partial charge in [0.15, 0.2) is 0 Å². The molecule has 0 unspecified atom stereocenters. The highest BCUT2D eigenvalue weighted by Crippen LogP contribution is 2.29. The van der Waals surface area contributed by atoms with Crippen molar-refractivity contribution in [3.63, 3.8) is 0 Å². The molecule has 5 nitrogen and oxygen atoms in total. The lowest BCUT2D eigenvalue weighted by molar-refractivity contribution is -0.165. The van der Waals surface area contributed by atoms with E-state index in [1.807, 2.05) is 14.1 Å². The smallest absolute Gasteiger partial charge is 0.306 e. The molecule has 0 spiro atoms. The van der Waals surface area contributed by atoms with Crippen molar-refractivity contribution in [2.75, 3.05) is 14.1 Å². The molecule has 0 amide bonds. The van der Waals surface area contributed by atoms with Crippen molar-refractivity contribution >= 4 is 11.9 Å². The molecule has 0 aliphatic heterocycles. The first-order chi connectivity index (χ1) is 23.5. The van der Waals surface area contributed by atoms with E-state index in [1.54, 1.807) is 0 Å². The maximum Gasteiger partial charge on any atom is 0.306 e. The molecule has 1 aliphatic rings. The Hall–Kier alpha value is -2.14. The van der Waals surface area contributed by atoms with E-state index in [0.29, 0.717) is 12.8 Å². The molecular formula is C43H75NO4. The van der Waals surface area contributed by atoms with E-state index in [1.165, 1.54) is 77.0 Å². The van der Waals surface area contributed by atoms with Crippen LogP contribution in [-0.4, -0.2) is 49.2 Å². The van der Waals surface area contributed by atoms with E-state index in [-0.39, 0.29) is 30.2 Å². The zero-order valence-electron chi connectivity index (χ0n) is 31.8. The highest BCUT2D eigenvalue weighted by atomic mass is 16.6. The van der Waals surface area contributed by atoms with Crippen LogP contribution in [0.2, 0.25) is 0 Å². The molecule has 1 aliphatic carbocycles. The number of ether oxygens (including phenoxy) is 2. The molecule has 1 rings (SSSR count). The summed E-state index contributed by atoms with van der Waals surface area (Å²) in [6.07, 6.45) is 45.5. The van der Waals surface area contributed by atoms with Gasteiger partial charge in [0.25, 0.3) is 0 Å². The first-order valence-corrected chi connectivity index (χ1v) is 20.1. The minimum atomic E-state index is -0.337. The van der Waals surface area contributed by atoms with Crippen molar-refractivity contribution in [1.82, 2.24) is 4.90 Å². The molecule has 48 heavy (non-hydrogen) atoms. The molecule has 1 fully saturated rings. The van der Waals surface area contributed by atoms with Crippen molar-refractivity contribution < 1.29 is 19.1 Å². The predicted octanol–water partition coefficient (Wildman–Crippen LogP) is 12.2. The summed E-state index contributed by atoms with van der Waals surface area (Å²) in [5, 5.41) is 0. The molecule has 0 bridgehead atoms. The van der Waals surface area contributed by atoms with Crippen molar-refractivity contribution in [2.24, 2.45) is 0 Å². The van der Waals surface area contributed by atoms with Gasteiger partial charge in [-0.2, -0.15) is 0 Å². The number of unbranched alkanes of at least 4 members (excludes halogenated alkanes) is 16. The van der Waals surface area contributed by atoms with Crippen LogP contribution >= 0.6 is 0 Å². The molecule has 0 N–H and O–H groups in total. The van der Waals surface area contributed by atoms with Crippen LogP contribution in [0.5, 0.6) is 0 Å². The van der Waals surface area contributed by atoms with Crippen molar-refractivity contribution in [3.8, 4) is 0 Å². The average molecular weight is 670 g/mol. The van der Waals surface area contributed by atoms with Crippen LogP contribution in [0.1, 0.15) is 181 Å². The third-order valence-electron chi connectivity index (χ3n) is 9.38. The van der Waals surface area contributed by atoms with Gasteiger partial charge in [0.2, 0.25) is 0 Å². The molecule has 0 aromatic rings. The number of allylic oxidation sites excluding steroid dienone is 8. The van der Waals surface area contributed by atoms with Gasteiger partial charge in [0, 0.05) is 31.7 Å². The van der Waals surface area contributed by atoms with Crippen molar-refractivity contribution in [2.45, 2.75) is 199 Å². The minimum Gasteiger partial charge on any atom is -0.458 e. The first-order valence-electron chi connectivity index (χ1n) is 20.1. The van der Waals surface area contributed by atoms with Gasteiger partial charge in [-0.3, -0.25) is 9.59 Å². The molecule has 0 aromatic heterocycles. The molecule has 1 saturated carbocycles. The maximum atomic E-state index is 12.7. The van der Waals surface area contributed by atoms with Crippen molar-refractivity contribution in [3.05, 3.63) is 48.6 Å². The Bertz CT molecular complexity index is 821. The lowest BCUT2D eigenvalue weighted by atomic mass is 10.1. The Kier molecular flexibility index (Phi) is 29.3. The molecule has 5 heteroatoms. The van der Waals surface area contributed by atoms with Crippen LogP contribution in [0.4, 0.5) is 0 Å². The van der Waals surface area contributed by atoms with Gasteiger partial charge in [-0.25, -0.2) is 0 Å². The monoisotopic (exact) mass is 670 g/mol. The van der Waals surface area contributed by atoms with E-state index in [2.05, 4.69) is 67.4 Å². The molecule has 0 aromatic carbocycles. The second kappa shape index (κ2) is 32.1. The number of hydrogen-bond acceptors (Lipinski definition) is 5. The third kappa shape index (κ3) is 25.8. The molecule has 0 radical (unpaired) electrons. The van der Waals surface area contributed by atoms with Crippen LogP contribution < -0.4 is 0 Å². The Morgan fingerprint density at radius 1 is 0.500 bits per heavy atom. The number of esters is 2. The van der Waals surface area contributed by atoms with E-state index < -0.39 is 0 Å². The van der Waals surface area contributed by atoms with Gasteiger partial charge in [0.05, 0.1) is 0 Å².